The summed E-state index contributed by atoms with van der Waals surface area (Å²) in [7, 11) is -12.8. The van der Waals surface area contributed by atoms with Gasteiger partial charge in [0.25, 0.3) is 9.28 Å². The Morgan fingerprint density at radius 1 is 0.615 bits per heavy atom. The minimum absolute atomic E-state index is 0.131. The lowest BCUT2D eigenvalue weighted by atomic mass is 9.86. The third-order valence-electron chi connectivity index (χ3n) is 9.37. The number of ether oxygens (including phenoxy) is 4. The maximum Gasteiger partial charge on any atom is 0.391 e. The molecular formula is C32H65F7O8Si5. The first-order valence-electron chi connectivity index (χ1n) is 18.9. The molecular weight excluding hydrogens is 786 g/mol. The number of rotatable bonds is 29. The van der Waals surface area contributed by atoms with Gasteiger partial charge >= 0.3 is 29.5 Å². The summed E-state index contributed by atoms with van der Waals surface area (Å²) in [5.41, 5.74) is 0. The molecule has 1 saturated carbocycles. The van der Waals surface area contributed by atoms with Crippen molar-refractivity contribution >= 4 is 43.0 Å². The summed E-state index contributed by atoms with van der Waals surface area (Å²) < 4.78 is 137. The molecule has 0 aromatic carbocycles. The average Bonchev–Trinajstić information content (AvgIpc) is 3.76. The molecule has 0 N–H and O–H groups in total. The van der Waals surface area contributed by atoms with Crippen molar-refractivity contribution in [2.24, 2.45) is 5.92 Å². The molecule has 0 amide bonds. The first-order chi connectivity index (χ1) is 24.0. The van der Waals surface area contributed by atoms with Crippen LogP contribution in [0.3, 0.4) is 0 Å². The average molecular weight is 851 g/mol. The molecule has 52 heavy (non-hydrogen) atoms. The molecule has 2 aliphatic rings. The van der Waals surface area contributed by atoms with Gasteiger partial charge in [-0.3, -0.25) is 0 Å². The van der Waals surface area contributed by atoms with Crippen molar-refractivity contribution in [3.8, 4) is 0 Å². The van der Waals surface area contributed by atoms with Crippen molar-refractivity contribution in [2.75, 3.05) is 39.9 Å². The first-order valence-corrected chi connectivity index (χ1v) is 32.2. The lowest BCUT2D eigenvalue weighted by Gasteiger charge is -2.43. The predicted octanol–water partition coefficient (Wildman–Crippen LogP) is 9.86. The summed E-state index contributed by atoms with van der Waals surface area (Å²) in [6.07, 6.45) is -2.80. The summed E-state index contributed by atoms with van der Waals surface area (Å²) in [5, 5.41) is 0. The molecule has 1 saturated heterocycles. The fourth-order valence-corrected chi connectivity index (χ4v) is 29.7. The van der Waals surface area contributed by atoms with E-state index in [0.717, 1.165) is 44.2 Å². The maximum absolute atomic E-state index is 12.7. The third kappa shape index (κ3) is 22.7. The fourth-order valence-electron chi connectivity index (χ4n) is 7.02. The molecule has 0 aromatic rings. The number of epoxide rings is 1. The Hall–Kier alpha value is 0.274. The SMILES string of the molecule is C[SiH](O[Si](C)(C)CCCOCF)O[Si](C)(CCCC1CCC2OC2C1)O[Si](C)(CCCOCCC(F)(F)F)O[Si](C)(C)CCCOCCC(F)(F)F. The van der Waals surface area contributed by atoms with Crippen molar-refractivity contribution in [1.29, 1.82) is 0 Å². The van der Waals surface area contributed by atoms with Crippen LogP contribution in [-0.4, -0.2) is 107 Å². The lowest BCUT2D eigenvalue weighted by molar-refractivity contribution is -0.146. The van der Waals surface area contributed by atoms with E-state index in [1.807, 2.05) is 13.1 Å². The van der Waals surface area contributed by atoms with Crippen molar-refractivity contribution in [3.63, 3.8) is 0 Å². The van der Waals surface area contributed by atoms with E-state index in [2.05, 4.69) is 32.7 Å². The molecule has 8 nitrogen and oxygen atoms in total. The van der Waals surface area contributed by atoms with Crippen LogP contribution >= 0.6 is 0 Å². The number of alkyl halides is 7. The van der Waals surface area contributed by atoms with Crippen molar-refractivity contribution < 1.29 is 66.1 Å². The van der Waals surface area contributed by atoms with E-state index in [-0.39, 0.29) is 19.8 Å². The van der Waals surface area contributed by atoms with Gasteiger partial charge in [0.2, 0.25) is 0 Å². The predicted molar refractivity (Wildman–Crippen MR) is 199 cm³/mol. The lowest BCUT2D eigenvalue weighted by Crippen LogP contribution is -2.58. The van der Waals surface area contributed by atoms with Gasteiger partial charge in [-0.25, -0.2) is 4.39 Å². The number of fused-ring (bicyclic) bond motifs is 1. The van der Waals surface area contributed by atoms with E-state index in [1.165, 1.54) is 0 Å². The van der Waals surface area contributed by atoms with Gasteiger partial charge in [-0.05, 0) is 114 Å². The van der Waals surface area contributed by atoms with Gasteiger partial charge in [0, 0.05) is 19.8 Å². The number of hydrogen-bond acceptors (Lipinski definition) is 8. The van der Waals surface area contributed by atoms with Gasteiger partial charge in [-0.15, -0.1) is 0 Å². The van der Waals surface area contributed by atoms with E-state index < -0.39 is 81.7 Å². The van der Waals surface area contributed by atoms with Crippen LogP contribution in [0.4, 0.5) is 30.7 Å². The molecule has 310 valence electrons. The Morgan fingerprint density at radius 2 is 1.15 bits per heavy atom. The van der Waals surface area contributed by atoms with E-state index in [9.17, 15) is 30.7 Å². The van der Waals surface area contributed by atoms with Crippen LogP contribution in [0.5, 0.6) is 0 Å². The molecule has 0 aromatic heterocycles. The van der Waals surface area contributed by atoms with Gasteiger partial charge in [-0.2, -0.15) is 26.3 Å². The minimum Gasteiger partial charge on any atom is -0.439 e. The molecule has 6 unspecified atom stereocenters. The van der Waals surface area contributed by atoms with Crippen LogP contribution in [0.1, 0.15) is 64.2 Å². The van der Waals surface area contributed by atoms with Crippen molar-refractivity contribution in [1.82, 2.24) is 0 Å². The summed E-state index contributed by atoms with van der Waals surface area (Å²) in [5.74, 6) is 0.587. The Bertz CT molecular complexity index is 1000. The van der Waals surface area contributed by atoms with E-state index >= 15 is 0 Å². The molecule has 6 atom stereocenters. The number of halogens is 7. The zero-order chi connectivity index (χ0) is 39.1. The highest BCUT2D eigenvalue weighted by Crippen LogP contribution is 2.42. The van der Waals surface area contributed by atoms with Crippen molar-refractivity contribution in [2.45, 2.75) is 159 Å². The van der Waals surface area contributed by atoms with Gasteiger partial charge in [0.15, 0.2) is 23.5 Å². The zero-order valence-corrected chi connectivity index (χ0v) is 37.5. The molecule has 20 heteroatoms. The first kappa shape index (κ1) is 48.4. The standard InChI is InChI=1S/C32H65F7O8Si5/c1-48(44-49(2,3)22-10-19-42-27-33)45-51(6,24-8-12-28-13-14-29-30(26-28)43-29)47-52(7,25-11-18-41-21-16-32(37,38)39)46-50(4,5)23-9-17-40-20-15-31(34,35)36/h28-30,48H,8-27H2,1-7H3. The molecule has 0 spiro atoms. The molecule has 0 bridgehead atoms. The fraction of sp³-hybridized carbons (Fsp3) is 1.00. The van der Waals surface area contributed by atoms with Crippen LogP contribution in [0.15, 0.2) is 0 Å². The Balaban J connectivity index is 2.16. The van der Waals surface area contributed by atoms with Crippen LogP contribution < -0.4 is 0 Å². The molecule has 1 heterocycles. The highest BCUT2D eigenvalue weighted by atomic mass is 28.5. The van der Waals surface area contributed by atoms with Gasteiger partial charge < -0.3 is 35.4 Å². The highest BCUT2D eigenvalue weighted by molar-refractivity contribution is 6.88. The van der Waals surface area contributed by atoms with E-state index in [4.69, 9.17) is 35.4 Å². The monoisotopic (exact) mass is 850 g/mol. The van der Waals surface area contributed by atoms with Gasteiger partial charge in [-0.1, -0.05) is 12.8 Å². The Kier molecular flexibility index (Phi) is 20.7. The Morgan fingerprint density at radius 3 is 1.71 bits per heavy atom. The highest BCUT2D eigenvalue weighted by Gasteiger charge is 2.48. The summed E-state index contributed by atoms with van der Waals surface area (Å²) >= 11 is 0. The summed E-state index contributed by atoms with van der Waals surface area (Å²) in [6, 6.07) is 2.65. The quantitative estimate of drug-likeness (QED) is 0.0319. The van der Waals surface area contributed by atoms with Crippen LogP contribution in [0.2, 0.25) is 70.0 Å². The van der Waals surface area contributed by atoms with Crippen LogP contribution in [0.25, 0.3) is 0 Å². The van der Waals surface area contributed by atoms with Crippen molar-refractivity contribution in [3.05, 3.63) is 0 Å². The second-order valence-corrected chi connectivity index (χ2v) is 34.1. The zero-order valence-electron chi connectivity index (χ0n) is 32.4. The normalized spacial score (nSPS) is 22.8. The number of hydrogen-bond donors (Lipinski definition) is 0. The molecule has 2 rings (SSSR count). The van der Waals surface area contributed by atoms with Gasteiger partial charge in [0.1, 0.15) is 0 Å². The molecule has 1 aliphatic carbocycles. The summed E-state index contributed by atoms with van der Waals surface area (Å²) in [6.45, 7) is 13.4. The third-order valence-corrected chi connectivity index (χ3v) is 29.6. The van der Waals surface area contributed by atoms with E-state index in [0.29, 0.717) is 56.1 Å². The van der Waals surface area contributed by atoms with Crippen LogP contribution in [-0.2, 0) is 35.4 Å². The van der Waals surface area contributed by atoms with Crippen LogP contribution in [0, 0.1) is 5.92 Å². The maximum atomic E-state index is 12.7. The molecule has 0 radical (unpaired) electrons. The Labute approximate surface area is 313 Å². The second kappa shape index (κ2) is 22.3. The summed E-state index contributed by atoms with van der Waals surface area (Å²) in [4.78, 5) is 0. The molecule has 2 fully saturated rings. The second-order valence-electron chi connectivity index (χ2n) is 15.9. The topological polar surface area (TPSA) is 77.1 Å². The van der Waals surface area contributed by atoms with E-state index in [1.54, 1.807) is 0 Å². The minimum atomic E-state index is -4.29. The molecule has 1 aliphatic heterocycles. The smallest absolute Gasteiger partial charge is 0.391 e. The largest absolute Gasteiger partial charge is 0.439 e. The van der Waals surface area contributed by atoms with Gasteiger partial charge in [0.05, 0.1) is 38.3 Å².